The van der Waals surface area contributed by atoms with E-state index >= 15 is 0 Å². The van der Waals surface area contributed by atoms with Gasteiger partial charge in [0.05, 0.1) is 0 Å². The minimum Gasteiger partial charge on any atom is -0.481 e. The molecule has 5 nitrogen and oxygen atoms in total. The third-order valence-corrected chi connectivity index (χ3v) is 6.23. The highest BCUT2D eigenvalue weighted by Crippen LogP contribution is 2.55. The van der Waals surface area contributed by atoms with Crippen molar-refractivity contribution in [3.63, 3.8) is 0 Å². The first kappa shape index (κ1) is 16.4. The zero-order chi connectivity index (χ0) is 17.4. The predicted molar refractivity (Wildman–Crippen MR) is 95.5 cm³/mol. The highest BCUT2D eigenvalue weighted by molar-refractivity contribution is 5.90. The molecule has 2 amide bonds. The number of carbonyl (C=O) groups is 2. The molecule has 134 valence electrons. The fourth-order valence-corrected chi connectivity index (χ4v) is 5.72. The van der Waals surface area contributed by atoms with Gasteiger partial charge in [-0.3, -0.25) is 4.79 Å². The van der Waals surface area contributed by atoms with Gasteiger partial charge in [-0.1, -0.05) is 12.1 Å². The smallest absolute Gasteiger partial charge is 0.319 e. The molecule has 0 unspecified atom stereocenters. The molecule has 1 aromatic carbocycles. The molecule has 5 rings (SSSR count). The van der Waals surface area contributed by atoms with Crippen molar-refractivity contribution in [2.45, 2.75) is 56.9 Å². The van der Waals surface area contributed by atoms with Crippen molar-refractivity contribution in [1.82, 2.24) is 5.32 Å². The molecule has 0 aliphatic heterocycles. The van der Waals surface area contributed by atoms with Crippen LogP contribution in [0.1, 0.15) is 50.5 Å². The molecule has 5 heteroatoms. The van der Waals surface area contributed by atoms with Crippen molar-refractivity contribution in [1.29, 1.82) is 0 Å². The number of carboxylic acid groups (broad SMARTS) is 1. The Morgan fingerprint density at radius 1 is 1.08 bits per heavy atom. The summed E-state index contributed by atoms with van der Waals surface area (Å²) in [5.74, 6) is 1.58. The van der Waals surface area contributed by atoms with Gasteiger partial charge in [-0.2, -0.15) is 0 Å². The third kappa shape index (κ3) is 3.65. The van der Waals surface area contributed by atoms with E-state index in [9.17, 15) is 9.59 Å². The number of urea groups is 1. The summed E-state index contributed by atoms with van der Waals surface area (Å²) in [4.78, 5) is 23.3. The molecule has 4 aliphatic carbocycles. The largest absolute Gasteiger partial charge is 0.481 e. The van der Waals surface area contributed by atoms with E-state index in [2.05, 4.69) is 10.6 Å². The van der Waals surface area contributed by atoms with Crippen molar-refractivity contribution in [3.8, 4) is 0 Å². The standard InChI is InChI=1S/C20H26N2O3/c23-18(24)5-4-13-2-1-3-17(9-13)21-19(25)22-20-10-14-6-15(11-20)8-16(7-14)12-20/h1-3,9,14-16H,4-8,10-12H2,(H,23,24)(H2,21,22,25). The zero-order valence-corrected chi connectivity index (χ0v) is 14.5. The molecular weight excluding hydrogens is 316 g/mol. The summed E-state index contributed by atoms with van der Waals surface area (Å²) >= 11 is 0. The van der Waals surface area contributed by atoms with E-state index in [1.165, 1.54) is 19.3 Å². The Labute approximate surface area is 148 Å². The Balaban J connectivity index is 1.38. The SMILES string of the molecule is O=C(O)CCc1cccc(NC(=O)NC23CC4CC(CC(C4)C2)C3)c1. The summed E-state index contributed by atoms with van der Waals surface area (Å²) in [6.45, 7) is 0. The molecule has 25 heavy (non-hydrogen) atoms. The summed E-state index contributed by atoms with van der Waals surface area (Å²) in [5.41, 5.74) is 1.65. The predicted octanol–water partition coefficient (Wildman–Crippen LogP) is 3.79. The van der Waals surface area contributed by atoms with Crippen molar-refractivity contribution >= 4 is 17.7 Å². The number of nitrogens with one attached hydrogen (secondary N) is 2. The lowest BCUT2D eigenvalue weighted by atomic mass is 9.53. The first-order valence-electron chi connectivity index (χ1n) is 9.40. The Bertz CT molecular complexity index is 650. The highest BCUT2D eigenvalue weighted by Gasteiger charge is 2.51. The molecule has 0 saturated heterocycles. The number of hydrogen-bond acceptors (Lipinski definition) is 2. The van der Waals surface area contributed by atoms with Crippen LogP contribution in [0, 0.1) is 17.8 Å². The maximum Gasteiger partial charge on any atom is 0.319 e. The van der Waals surface area contributed by atoms with Gasteiger partial charge < -0.3 is 15.7 Å². The molecule has 3 N–H and O–H groups in total. The molecule has 4 bridgehead atoms. The van der Waals surface area contributed by atoms with E-state index < -0.39 is 5.97 Å². The Hall–Kier alpha value is -2.04. The van der Waals surface area contributed by atoms with Gasteiger partial charge in [-0.05, 0) is 80.4 Å². The molecule has 1 aromatic rings. The lowest BCUT2D eigenvalue weighted by Crippen LogP contribution is -2.60. The fraction of sp³-hybridized carbons (Fsp3) is 0.600. The molecule has 0 aromatic heterocycles. The summed E-state index contributed by atoms with van der Waals surface area (Å²) in [5, 5.41) is 15.0. The fourth-order valence-electron chi connectivity index (χ4n) is 5.72. The van der Waals surface area contributed by atoms with Crippen LogP contribution in [0.25, 0.3) is 0 Å². The number of amides is 2. The topological polar surface area (TPSA) is 78.4 Å². The molecule has 0 spiro atoms. The van der Waals surface area contributed by atoms with Gasteiger partial charge >= 0.3 is 12.0 Å². The van der Waals surface area contributed by atoms with Gasteiger partial charge in [0.25, 0.3) is 0 Å². The van der Waals surface area contributed by atoms with Crippen LogP contribution in [0.2, 0.25) is 0 Å². The number of aryl methyl sites for hydroxylation is 1. The van der Waals surface area contributed by atoms with Crippen LogP contribution in [0.5, 0.6) is 0 Å². The number of benzene rings is 1. The highest BCUT2D eigenvalue weighted by atomic mass is 16.4. The lowest BCUT2D eigenvalue weighted by Gasteiger charge is -2.56. The van der Waals surface area contributed by atoms with Crippen molar-refractivity contribution < 1.29 is 14.7 Å². The molecule has 0 heterocycles. The summed E-state index contributed by atoms with van der Waals surface area (Å²) in [7, 11) is 0. The van der Waals surface area contributed by atoms with Crippen molar-refractivity contribution in [2.24, 2.45) is 17.8 Å². The zero-order valence-electron chi connectivity index (χ0n) is 14.5. The van der Waals surface area contributed by atoms with E-state index in [4.69, 9.17) is 5.11 Å². The number of anilines is 1. The summed E-state index contributed by atoms with van der Waals surface area (Å²) in [6.07, 6.45) is 8.03. The molecule has 4 aliphatic rings. The van der Waals surface area contributed by atoms with Gasteiger partial charge in [0, 0.05) is 17.6 Å². The van der Waals surface area contributed by atoms with Crippen LogP contribution in [-0.2, 0) is 11.2 Å². The van der Waals surface area contributed by atoms with E-state index in [0.717, 1.165) is 48.3 Å². The molecule has 4 saturated carbocycles. The van der Waals surface area contributed by atoms with Gasteiger partial charge in [0.2, 0.25) is 0 Å². The van der Waals surface area contributed by atoms with Crippen LogP contribution < -0.4 is 10.6 Å². The molecule has 4 fully saturated rings. The Kier molecular flexibility index (Phi) is 4.18. The van der Waals surface area contributed by atoms with E-state index in [1.807, 2.05) is 24.3 Å². The third-order valence-electron chi connectivity index (χ3n) is 6.23. The molecule has 0 radical (unpaired) electrons. The summed E-state index contributed by atoms with van der Waals surface area (Å²) in [6, 6.07) is 7.34. The number of hydrogen-bond donors (Lipinski definition) is 3. The number of aliphatic carboxylic acids is 1. The minimum atomic E-state index is -0.807. The van der Waals surface area contributed by atoms with Crippen LogP contribution in [0.3, 0.4) is 0 Å². The maximum atomic E-state index is 12.6. The van der Waals surface area contributed by atoms with Gasteiger partial charge in [-0.15, -0.1) is 0 Å². The Morgan fingerprint density at radius 3 is 2.32 bits per heavy atom. The van der Waals surface area contributed by atoms with Crippen LogP contribution in [-0.4, -0.2) is 22.6 Å². The molecule has 0 atom stereocenters. The maximum absolute atomic E-state index is 12.6. The Morgan fingerprint density at radius 2 is 1.72 bits per heavy atom. The second-order valence-electron chi connectivity index (χ2n) is 8.37. The quantitative estimate of drug-likeness (QED) is 0.762. The van der Waals surface area contributed by atoms with Crippen LogP contribution in [0.4, 0.5) is 10.5 Å². The minimum absolute atomic E-state index is 0.000247. The summed E-state index contributed by atoms with van der Waals surface area (Å²) < 4.78 is 0. The number of rotatable bonds is 5. The second kappa shape index (κ2) is 6.36. The van der Waals surface area contributed by atoms with Crippen molar-refractivity contribution in [3.05, 3.63) is 29.8 Å². The van der Waals surface area contributed by atoms with E-state index in [1.54, 1.807) is 0 Å². The van der Waals surface area contributed by atoms with E-state index in [-0.39, 0.29) is 18.0 Å². The molecular formula is C20H26N2O3. The second-order valence-corrected chi connectivity index (χ2v) is 8.37. The van der Waals surface area contributed by atoms with Gasteiger partial charge in [0.15, 0.2) is 0 Å². The average molecular weight is 342 g/mol. The van der Waals surface area contributed by atoms with Gasteiger partial charge in [-0.25, -0.2) is 4.79 Å². The van der Waals surface area contributed by atoms with Crippen molar-refractivity contribution in [2.75, 3.05) is 5.32 Å². The first-order chi connectivity index (χ1) is 12.0. The number of carboxylic acids is 1. The van der Waals surface area contributed by atoms with E-state index in [0.29, 0.717) is 6.42 Å². The van der Waals surface area contributed by atoms with Crippen LogP contribution >= 0.6 is 0 Å². The monoisotopic (exact) mass is 342 g/mol. The number of carbonyl (C=O) groups excluding carboxylic acids is 1. The van der Waals surface area contributed by atoms with Crippen LogP contribution in [0.15, 0.2) is 24.3 Å². The van der Waals surface area contributed by atoms with Gasteiger partial charge in [0.1, 0.15) is 0 Å². The first-order valence-corrected chi connectivity index (χ1v) is 9.40. The lowest BCUT2D eigenvalue weighted by molar-refractivity contribution is -0.136. The average Bonchev–Trinajstić information content (AvgIpc) is 2.51. The normalized spacial score (nSPS) is 32.4.